The van der Waals surface area contributed by atoms with Crippen LogP contribution in [0, 0.1) is 0 Å². The average molecular weight is 403 g/mol. The van der Waals surface area contributed by atoms with Gasteiger partial charge >= 0.3 is 6.03 Å². The third-order valence-corrected chi connectivity index (χ3v) is 4.74. The van der Waals surface area contributed by atoms with Gasteiger partial charge in [0, 0.05) is 38.3 Å². The Morgan fingerprint density at radius 1 is 1.03 bits per heavy atom. The summed E-state index contributed by atoms with van der Waals surface area (Å²) in [4.78, 5) is 28.5. The maximum atomic E-state index is 12.6. The maximum Gasteiger partial charge on any atom is 0.321 e. The SMILES string of the molecule is COc1cc(NC(=O)N2CCN(CC(=O)c3ccco3)CC2)cc(OC)c1OC. The van der Waals surface area contributed by atoms with Gasteiger partial charge in [-0.1, -0.05) is 0 Å². The molecule has 1 N–H and O–H groups in total. The molecule has 29 heavy (non-hydrogen) atoms. The van der Waals surface area contributed by atoms with Crippen LogP contribution in [0.2, 0.25) is 0 Å². The molecule has 9 nitrogen and oxygen atoms in total. The van der Waals surface area contributed by atoms with E-state index in [0.29, 0.717) is 54.9 Å². The van der Waals surface area contributed by atoms with Crippen LogP contribution in [-0.2, 0) is 0 Å². The number of carbonyl (C=O) groups is 2. The molecule has 1 fully saturated rings. The van der Waals surface area contributed by atoms with E-state index < -0.39 is 0 Å². The number of rotatable bonds is 7. The standard InChI is InChI=1S/C20H25N3O6/c1-26-17-11-14(12-18(27-2)19(17)28-3)21-20(25)23-8-6-22(7-9-23)13-15(24)16-5-4-10-29-16/h4-5,10-12H,6-9,13H2,1-3H3,(H,21,25). The van der Waals surface area contributed by atoms with E-state index in [1.165, 1.54) is 27.6 Å². The zero-order chi connectivity index (χ0) is 20.8. The molecule has 1 aliphatic heterocycles. The predicted octanol–water partition coefficient (Wildman–Crippen LogP) is 2.34. The fraction of sp³-hybridized carbons (Fsp3) is 0.400. The van der Waals surface area contributed by atoms with E-state index in [1.54, 1.807) is 29.2 Å². The van der Waals surface area contributed by atoms with Crippen LogP contribution in [0.1, 0.15) is 10.6 Å². The first-order valence-electron chi connectivity index (χ1n) is 9.20. The first-order valence-corrected chi connectivity index (χ1v) is 9.20. The number of ketones is 1. The Morgan fingerprint density at radius 2 is 1.69 bits per heavy atom. The number of nitrogens with one attached hydrogen (secondary N) is 1. The number of ether oxygens (including phenoxy) is 3. The van der Waals surface area contributed by atoms with Gasteiger partial charge in [-0.25, -0.2) is 4.79 Å². The minimum Gasteiger partial charge on any atom is -0.493 e. The van der Waals surface area contributed by atoms with Crippen LogP contribution < -0.4 is 19.5 Å². The number of piperazine rings is 1. The van der Waals surface area contributed by atoms with Crippen LogP contribution in [0.5, 0.6) is 17.2 Å². The zero-order valence-corrected chi connectivity index (χ0v) is 16.8. The fourth-order valence-corrected chi connectivity index (χ4v) is 3.18. The summed E-state index contributed by atoms with van der Waals surface area (Å²) in [5.74, 6) is 1.67. The van der Waals surface area contributed by atoms with Crippen molar-refractivity contribution in [1.29, 1.82) is 0 Å². The van der Waals surface area contributed by atoms with Gasteiger partial charge in [0.25, 0.3) is 0 Å². The van der Waals surface area contributed by atoms with Gasteiger partial charge in [0.2, 0.25) is 11.5 Å². The predicted molar refractivity (Wildman–Crippen MR) is 106 cm³/mol. The topological polar surface area (TPSA) is 93.5 Å². The van der Waals surface area contributed by atoms with Crippen LogP contribution in [0.4, 0.5) is 10.5 Å². The van der Waals surface area contributed by atoms with Gasteiger partial charge < -0.3 is 28.8 Å². The molecule has 9 heteroatoms. The van der Waals surface area contributed by atoms with E-state index in [4.69, 9.17) is 18.6 Å². The third-order valence-electron chi connectivity index (χ3n) is 4.74. The highest BCUT2D eigenvalue weighted by Crippen LogP contribution is 2.39. The number of carbonyl (C=O) groups excluding carboxylic acids is 2. The molecule has 2 heterocycles. The lowest BCUT2D eigenvalue weighted by molar-refractivity contribution is 0.0857. The highest BCUT2D eigenvalue weighted by Gasteiger charge is 2.24. The van der Waals surface area contributed by atoms with Crippen molar-refractivity contribution in [1.82, 2.24) is 9.80 Å². The number of benzene rings is 1. The quantitative estimate of drug-likeness (QED) is 0.709. The Morgan fingerprint density at radius 3 is 2.21 bits per heavy atom. The first-order chi connectivity index (χ1) is 14.0. The summed E-state index contributed by atoms with van der Waals surface area (Å²) in [6, 6.07) is 6.48. The molecular formula is C20H25N3O6. The molecule has 3 rings (SSSR count). The smallest absolute Gasteiger partial charge is 0.321 e. The molecule has 0 radical (unpaired) electrons. The summed E-state index contributed by atoms with van der Waals surface area (Å²) in [7, 11) is 4.56. The highest BCUT2D eigenvalue weighted by atomic mass is 16.5. The van der Waals surface area contributed by atoms with Crippen molar-refractivity contribution in [3.8, 4) is 17.2 Å². The van der Waals surface area contributed by atoms with Crippen LogP contribution in [-0.4, -0.2) is 75.7 Å². The maximum absolute atomic E-state index is 12.6. The van der Waals surface area contributed by atoms with Crippen molar-refractivity contribution in [3.05, 3.63) is 36.3 Å². The Hall–Kier alpha value is -3.20. The van der Waals surface area contributed by atoms with Gasteiger partial charge in [-0.05, 0) is 12.1 Å². The summed E-state index contributed by atoms with van der Waals surface area (Å²) < 4.78 is 21.1. The van der Waals surface area contributed by atoms with Gasteiger partial charge in [-0.15, -0.1) is 0 Å². The van der Waals surface area contributed by atoms with E-state index in [2.05, 4.69) is 5.32 Å². The van der Waals surface area contributed by atoms with Gasteiger partial charge in [-0.2, -0.15) is 0 Å². The van der Waals surface area contributed by atoms with Crippen molar-refractivity contribution in [2.75, 3.05) is 59.4 Å². The number of hydrogen-bond donors (Lipinski definition) is 1. The molecule has 1 saturated heterocycles. The highest BCUT2D eigenvalue weighted by molar-refractivity contribution is 5.95. The summed E-state index contributed by atoms with van der Waals surface area (Å²) >= 11 is 0. The summed E-state index contributed by atoms with van der Waals surface area (Å²) in [5, 5.41) is 2.86. The van der Waals surface area contributed by atoms with Crippen molar-refractivity contribution >= 4 is 17.5 Å². The second-order valence-corrected chi connectivity index (χ2v) is 6.51. The number of hydrogen-bond acceptors (Lipinski definition) is 7. The molecule has 156 valence electrons. The molecule has 0 unspecified atom stereocenters. The van der Waals surface area contributed by atoms with Crippen LogP contribution in [0.25, 0.3) is 0 Å². The average Bonchev–Trinajstić information content (AvgIpc) is 3.28. The Balaban J connectivity index is 1.56. The van der Waals surface area contributed by atoms with Gasteiger partial charge in [0.1, 0.15) is 0 Å². The normalized spacial score (nSPS) is 14.4. The van der Waals surface area contributed by atoms with E-state index in [1.807, 2.05) is 4.90 Å². The molecule has 1 aromatic heterocycles. The number of nitrogens with zero attached hydrogens (tertiary/aromatic N) is 2. The second-order valence-electron chi connectivity index (χ2n) is 6.51. The Labute approximate surface area is 169 Å². The Bertz CT molecular complexity index is 819. The summed E-state index contributed by atoms with van der Waals surface area (Å²) in [6.45, 7) is 2.52. The summed E-state index contributed by atoms with van der Waals surface area (Å²) in [6.07, 6.45) is 1.48. The summed E-state index contributed by atoms with van der Waals surface area (Å²) in [5.41, 5.74) is 0.542. The fourth-order valence-electron chi connectivity index (χ4n) is 3.18. The van der Waals surface area contributed by atoms with Crippen LogP contribution in [0.3, 0.4) is 0 Å². The van der Waals surface area contributed by atoms with Gasteiger partial charge in [-0.3, -0.25) is 9.69 Å². The molecule has 1 aliphatic rings. The Kier molecular flexibility index (Phi) is 6.61. The number of amides is 2. The molecule has 0 bridgehead atoms. The monoisotopic (exact) mass is 403 g/mol. The number of anilines is 1. The van der Waals surface area contributed by atoms with Gasteiger partial charge in [0.05, 0.1) is 39.8 Å². The van der Waals surface area contributed by atoms with E-state index >= 15 is 0 Å². The zero-order valence-electron chi connectivity index (χ0n) is 16.8. The minimum absolute atomic E-state index is 0.0645. The first kappa shape index (κ1) is 20.5. The molecule has 2 aromatic rings. The van der Waals surface area contributed by atoms with E-state index in [0.717, 1.165) is 0 Å². The minimum atomic E-state index is -0.226. The lowest BCUT2D eigenvalue weighted by Gasteiger charge is -2.34. The number of methoxy groups -OCH3 is 3. The van der Waals surface area contributed by atoms with Crippen LogP contribution in [0.15, 0.2) is 34.9 Å². The lowest BCUT2D eigenvalue weighted by atomic mass is 10.2. The molecule has 2 amide bonds. The van der Waals surface area contributed by atoms with Crippen molar-refractivity contribution < 1.29 is 28.2 Å². The van der Waals surface area contributed by atoms with Crippen molar-refractivity contribution in [2.45, 2.75) is 0 Å². The molecule has 0 spiro atoms. The third kappa shape index (κ3) is 4.80. The molecule has 1 aromatic carbocycles. The lowest BCUT2D eigenvalue weighted by Crippen LogP contribution is -2.51. The number of furan rings is 1. The second kappa shape index (κ2) is 9.33. The molecular weight excluding hydrogens is 378 g/mol. The van der Waals surface area contributed by atoms with Crippen molar-refractivity contribution in [2.24, 2.45) is 0 Å². The molecule has 0 aliphatic carbocycles. The van der Waals surface area contributed by atoms with Gasteiger partial charge in [0.15, 0.2) is 17.3 Å². The largest absolute Gasteiger partial charge is 0.493 e. The van der Waals surface area contributed by atoms with Crippen LogP contribution >= 0.6 is 0 Å². The van der Waals surface area contributed by atoms with E-state index in [-0.39, 0.29) is 18.4 Å². The number of urea groups is 1. The number of Topliss-reactive ketones (excluding diaryl/α,β-unsaturated/α-hetero) is 1. The molecule has 0 saturated carbocycles. The molecule has 0 atom stereocenters. The van der Waals surface area contributed by atoms with E-state index in [9.17, 15) is 9.59 Å². The van der Waals surface area contributed by atoms with Crippen molar-refractivity contribution in [3.63, 3.8) is 0 Å².